The second-order valence-electron chi connectivity index (χ2n) is 4.99. The number of hydrogen-bond acceptors (Lipinski definition) is 4. The highest BCUT2D eigenvalue weighted by Crippen LogP contribution is 2.30. The summed E-state index contributed by atoms with van der Waals surface area (Å²) in [6.45, 7) is 6.02. The molecule has 7 heteroatoms. The number of aryl methyl sites for hydroxylation is 1. The van der Waals surface area contributed by atoms with Gasteiger partial charge in [-0.3, -0.25) is 0 Å². The van der Waals surface area contributed by atoms with Crippen LogP contribution in [0.25, 0.3) is 0 Å². The summed E-state index contributed by atoms with van der Waals surface area (Å²) in [6, 6.07) is 0. The summed E-state index contributed by atoms with van der Waals surface area (Å²) in [4.78, 5) is 9.98. The number of halogens is 1. The van der Waals surface area contributed by atoms with Crippen molar-refractivity contribution in [1.29, 1.82) is 0 Å². The molecule has 0 unspecified atom stereocenters. The Labute approximate surface area is 141 Å². The summed E-state index contributed by atoms with van der Waals surface area (Å²) in [5.74, 6) is 0.746. The van der Waals surface area contributed by atoms with Gasteiger partial charge in [-0.1, -0.05) is 0 Å². The van der Waals surface area contributed by atoms with Crippen LogP contribution in [-0.2, 0) is 6.54 Å². The van der Waals surface area contributed by atoms with E-state index < -0.39 is 5.60 Å². The second kappa shape index (κ2) is 8.14. The topological polar surface area (TPSA) is 69.5 Å². The van der Waals surface area contributed by atoms with E-state index in [2.05, 4.69) is 20.6 Å². The molecule has 114 valence electrons. The van der Waals surface area contributed by atoms with Gasteiger partial charge in [-0.25, -0.2) is 9.98 Å². The van der Waals surface area contributed by atoms with Crippen molar-refractivity contribution in [3.05, 3.63) is 16.1 Å². The molecule has 5 nitrogen and oxygen atoms in total. The predicted molar refractivity (Wildman–Crippen MR) is 93.9 cm³/mol. The van der Waals surface area contributed by atoms with Crippen molar-refractivity contribution >= 4 is 41.3 Å². The first-order valence-corrected chi connectivity index (χ1v) is 7.59. The Morgan fingerprint density at radius 3 is 2.75 bits per heavy atom. The Hall–Kier alpha value is -0.410. The zero-order valence-corrected chi connectivity index (χ0v) is 15.1. The Kier molecular flexibility index (Phi) is 7.18. The molecule has 2 rings (SSSR count). The van der Waals surface area contributed by atoms with Crippen molar-refractivity contribution in [2.75, 3.05) is 13.1 Å². The molecule has 20 heavy (non-hydrogen) atoms. The Morgan fingerprint density at radius 2 is 2.25 bits per heavy atom. The average molecular weight is 410 g/mol. The van der Waals surface area contributed by atoms with Crippen molar-refractivity contribution in [2.24, 2.45) is 4.99 Å². The van der Waals surface area contributed by atoms with Crippen LogP contribution in [0.2, 0.25) is 0 Å². The van der Waals surface area contributed by atoms with Crippen molar-refractivity contribution in [1.82, 2.24) is 15.6 Å². The monoisotopic (exact) mass is 410 g/mol. The molecule has 0 saturated heterocycles. The van der Waals surface area contributed by atoms with E-state index in [0.29, 0.717) is 13.1 Å². The molecule has 1 aromatic heterocycles. The van der Waals surface area contributed by atoms with Gasteiger partial charge in [-0.05, 0) is 33.1 Å². The Bertz CT molecular complexity index is 445. The standard InChI is InChI=1S/C13H22N4OS.HI/c1-3-14-12(17-9-13(18)5-4-6-13)16-8-11-15-7-10(2)19-11;/h7,18H,3-6,8-9H2,1-2H3,(H2,14,16,17);1H. The van der Waals surface area contributed by atoms with E-state index in [0.717, 1.165) is 36.8 Å². The quantitative estimate of drug-likeness (QED) is 0.395. The van der Waals surface area contributed by atoms with Gasteiger partial charge in [0.1, 0.15) is 5.01 Å². The summed E-state index contributed by atoms with van der Waals surface area (Å²) < 4.78 is 0. The van der Waals surface area contributed by atoms with E-state index in [9.17, 15) is 5.11 Å². The number of nitrogens with one attached hydrogen (secondary N) is 2. The zero-order valence-electron chi connectivity index (χ0n) is 12.0. The molecule has 3 N–H and O–H groups in total. The lowest BCUT2D eigenvalue weighted by molar-refractivity contribution is -0.0279. The predicted octanol–water partition coefficient (Wildman–Crippen LogP) is 2.04. The highest BCUT2D eigenvalue weighted by Gasteiger charge is 2.34. The molecule has 1 saturated carbocycles. The van der Waals surface area contributed by atoms with Gasteiger partial charge < -0.3 is 15.7 Å². The molecule has 0 spiro atoms. The summed E-state index contributed by atoms with van der Waals surface area (Å²) in [7, 11) is 0. The smallest absolute Gasteiger partial charge is 0.191 e. The van der Waals surface area contributed by atoms with Gasteiger partial charge in [0.2, 0.25) is 0 Å². The molecule has 0 atom stereocenters. The van der Waals surface area contributed by atoms with Gasteiger partial charge >= 0.3 is 0 Å². The van der Waals surface area contributed by atoms with Crippen LogP contribution in [0.15, 0.2) is 11.2 Å². The maximum atomic E-state index is 10.1. The summed E-state index contributed by atoms with van der Waals surface area (Å²) in [5.41, 5.74) is -0.534. The third kappa shape index (κ3) is 5.17. The van der Waals surface area contributed by atoms with Gasteiger partial charge in [-0.2, -0.15) is 0 Å². The molecular weight excluding hydrogens is 387 g/mol. The van der Waals surface area contributed by atoms with Crippen molar-refractivity contribution in [3.63, 3.8) is 0 Å². The minimum absolute atomic E-state index is 0. The second-order valence-corrected chi connectivity index (χ2v) is 6.31. The first-order chi connectivity index (χ1) is 9.11. The molecule has 1 aromatic rings. The SMILES string of the molecule is CCNC(=NCc1ncc(C)s1)NCC1(O)CCC1.I. The third-order valence-corrected chi connectivity index (χ3v) is 4.15. The van der Waals surface area contributed by atoms with Crippen LogP contribution in [0.5, 0.6) is 0 Å². The van der Waals surface area contributed by atoms with Gasteiger partial charge in [-0.15, -0.1) is 35.3 Å². The van der Waals surface area contributed by atoms with E-state index >= 15 is 0 Å². The minimum atomic E-state index is -0.534. The number of nitrogens with zero attached hydrogens (tertiary/aromatic N) is 2. The lowest BCUT2D eigenvalue weighted by Gasteiger charge is -2.36. The average Bonchev–Trinajstić information content (AvgIpc) is 2.76. The molecule has 0 radical (unpaired) electrons. The molecule has 0 bridgehead atoms. The van der Waals surface area contributed by atoms with Gasteiger partial charge in [0.25, 0.3) is 0 Å². The van der Waals surface area contributed by atoms with Crippen LogP contribution in [0.1, 0.15) is 36.1 Å². The molecule has 1 fully saturated rings. The van der Waals surface area contributed by atoms with Crippen LogP contribution in [0.3, 0.4) is 0 Å². The molecule has 0 aliphatic heterocycles. The third-order valence-electron chi connectivity index (χ3n) is 3.25. The maximum absolute atomic E-state index is 10.1. The summed E-state index contributed by atoms with van der Waals surface area (Å²) >= 11 is 1.66. The lowest BCUT2D eigenvalue weighted by Crippen LogP contribution is -2.50. The van der Waals surface area contributed by atoms with Crippen molar-refractivity contribution in [3.8, 4) is 0 Å². The van der Waals surface area contributed by atoms with E-state index in [4.69, 9.17) is 0 Å². The number of guanidine groups is 1. The van der Waals surface area contributed by atoms with Gasteiger partial charge in [0, 0.05) is 24.2 Å². The number of thiazole rings is 1. The number of hydrogen-bond donors (Lipinski definition) is 3. The molecule has 0 aromatic carbocycles. The molecular formula is C13H23IN4OS. The van der Waals surface area contributed by atoms with E-state index in [1.807, 2.05) is 20.0 Å². The summed E-state index contributed by atoms with van der Waals surface area (Å²) in [6.07, 6.45) is 4.74. The summed E-state index contributed by atoms with van der Waals surface area (Å²) in [5, 5.41) is 17.5. The van der Waals surface area contributed by atoms with Gasteiger partial charge in [0.15, 0.2) is 5.96 Å². The molecule has 1 heterocycles. The Morgan fingerprint density at radius 1 is 1.50 bits per heavy atom. The Balaban J connectivity index is 0.00000200. The number of aromatic nitrogens is 1. The fourth-order valence-corrected chi connectivity index (χ4v) is 2.68. The number of aliphatic imine (C=N–C) groups is 1. The van der Waals surface area contributed by atoms with Crippen molar-refractivity contribution < 1.29 is 5.11 Å². The molecule has 1 aliphatic carbocycles. The minimum Gasteiger partial charge on any atom is -0.388 e. The van der Waals surface area contributed by atoms with Crippen LogP contribution in [0.4, 0.5) is 0 Å². The van der Waals surface area contributed by atoms with Crippen molar-refractivity contribution in [2.45, 2.75) is 45.3 Å². The fourth-order valence-electron chi connectivity index (χ4n) is 1.97. The van der Waals surface area contributed by atoms with E-state index in [-0.39, 0.29) is 24.0 Å². The van der Waals surface area contributed by atoms with Gasteiger partial charge in [0.05, 0.1) is 12.1 Å². The first kappa shape index (κ1) is 17.6. The van der Waals surface area contributed by atoms with Crippen LogP contribution in [0, 0.1) is 6.92 Å². The van der Waals surface area contributed by atoms with E-state index in [1.54, 1.807) is 11.3 Å². The molecule has 0 amide bonds. The number of rotatable bonds is 5. The first-order valence-electron chi connectivity index (χ1n) is 6.77. The largest absolute Gasteiger partial charge is 0.388 e. The van der Waals surface area contributed by atoms with Crippen LogP contribution < -0.4 is 10.6 Å². The van der Waals surface area contributed by atoms with E-state index in [1.165, 1.54) is 4.88 Å². The normalized spacial score (nSPS) is 17.1. The zero-order chi connectivity index (χ0) is 13.7. The number of aliphatic hydroxyl groups is 1. The highest BCUT2D eigenvalue weighted by atomic mass is 127. The molecule has 1 aliphatic rings. The maximum Gasteiger partial charge on any atom is 0.191 e. The fraction of sp³-hybridized carbons (Fsp3) is 0.692. The highest BCUT2D eigenvalue weighted by molar-refractivity contribution is 14.0. The lowest BCUT2D eigenvalue weighted by atomic mass is 9.80. The van der Waals surface area contributed by atoms with Crippen LogP contribution >= 0.6 is 35.3 Å². The van der Waals surface area contributed by atoms with Crippen LogP contribution in [-0.4, -0.2) is 34.7 Å².